The second-order valence-corrected chi connectivity index (χ2v) is 6.57. The van der Waals surface area contributed by atoms with Gasteiger partial charge >= 0.3 is 0 Å². The molecule has 3 aromatic heterocycles. The molecule has 144 valence electrons. The number of pyridine rings is 1. The fourth-order valence-corrected chi connectivity index (χ4v) is 3.11. The Labute approximate surface area is 161 Å². The molecule has 0 atom stereocenters. The van der Waals surface area contributed by atoms with Crippen molar-refractivity contribution in [2.24, 2.45) is 0 Å². The zero-order valence-corrected chi connectivity index (χ0v) is 15.6. The molecule has 0 radical (unpaired) electrons. The summed E-state index contributed by atoms with van der Waals surface area (Å²) in [6.45, 7) is 8.07. The van der Waals surface area contributed by atoms with E-state index in [1.54, 1.807) is 17.2 Å². The maximum absolute atomic E-state index is 12.9. The number of nitrogen functional groups attached to an aromatic ring is 1. The number of oxazole rings is 1. The molecule has 2 N–H and O–H groups in total. The van der Waals surface area contributed by atoms with Crippen molar-refractivity contribution in [2.45, 2.75) is 6.92 Å². The number of fused-ring (bicyclic) bond motifs is 1. The second-order valence-electron chi connectivity index (χ2n) is 6.57. The van der Waals surface area contributed by atoms with E-state index in [0.29, 0.717) is 42.8 Å². The molecule has 3 aromatic rings. The predicted octanol–water partition coefficient (Wildman–Crippen LogP) is 0.671. The van der Waals surface area contributed by atoms with Gasteiger partial charge in [-0.15, -0.1) is 0 Å². The molecule has 4 rings (SSSR count). The highest BCUT2D eigenvalue weighted by molar-refractivity contribution is 5.93. The van der Waals surface area contributed by atoms with Crippen molar-refractivity contribution in [1.29, 1.82) is 0 Å². The number of aromatic nitrogens is 3. The van der Waals surface area contributed by atoms with E-state index in [-0.39, 0.29) is 11.9 Å². The zero-order valence-electron chi connectivity index (χ0n) is 15.6. The topological polar surface area (TPSA) is 98.9 Å². The number of nitrogens with zero attached hydrogens (tertiary/aromatic N) is 4. The number of ether oxygens (including phenoxy) is 1. The summed E-state index contributed by atoms with van der Waals surface area (Å²) in [7, 11) is 0. The standard InChI is InChI=1S/C20H21N5O3/c1-13(3-5-17-14(2)23-20(21)28-17)15-4-6-18-22-11-16(25(18)12-15)19(26)24-7-9-27-10-8-24/h3-6,11-12H,2,7-10H2,1H3,(H2,21,23)/b13-3+,17-5?. The average Bonchev–Trinajstić information content (AvgIpc) is 3.27. The maximum Gasteiger partial charge on any atom is 0.292 e. The molecule has 0 spiro atoms. The van der Waals surface area contributed by atoms with Gasteiger partial charge in [0.25, 0.3) is 11.9 Å². The van der Waals surface area contributed by atoms with Crippen LogP contribution in [0, 0.1) is 0 Å². The van der Waals surface area contributed by atoms with Gasteiger partial charge in [-0.1, -0.05) is 12.7 Å². The highest BCUT2D eigenvalue weighted by Gasteiger charge is 2.21. The Balaban J connectivity index is 1.68. The van der Waals surface area contributed by atoms with Crippen LogP contribution in [-0.2, 0) is 4.74 Å². The Morgan fingerprint density at radius 3 is 2.82 bits per heavy atom. The molecule has 1 saturated heterocycles. The largest absolute Gasteiger partial charge is 0.424 e. The molecule has 1 amide bonds. The number of amides is 1. The summed E-state index contributed by atoms with van der Waals surface area (Å²) < 4.78 is 12.5. The van der Waals surface area contributed by atoms with Crippen molar-refractivity contribution in [1.82, 2.24) is 19.3 Å². The van der Waals surface area contributed by atoms with Crippen molar-refractivity contribution in [3.63, 3.8) is 0 Å². The Bertz CT molecular complexity index is 1170. The number of hydrogen-bond acceptors (Lipinski definition) is 6. The molecule has 0 aliphatic carbocycles. The van der Waals surface area contributed by atoms with Crippen LogP contribution in [0.5, 0.6) is 0 Å². The van der Waals surface area contributed by atoms with Gasteiger partial charge in [0.1, 0.15) is 16.7 Å². The summed E-state index contributed by atoms with van der Waals surface area (Å²) in [5, 5.41) is 0.491. The molecule has 28 heavy (non-hydrogen) atoms. The van der Waals surface area contributed by atoms with E-state index in [0.717, 1.165) is 16.8 Å². The lowest BCUT2D eigenvalue weighted by Gasteiger charge is -2.26. The van der Waals surface area contributed by atoms with E-state index in [1.807, 2.05) is 35.7 Å². The third kappa shape index (κ3) is 3.41. The highest BCUT2D eigenvalue weighted by atomic mass is 16.5. The van der Waals surface area contributed by atoms with Gasteiger partial charge in [0.15, 0.2) is 5.42 Å². The minimum atomic E-state index is -0.0417. The van der Waals surface area contributed by atoms with Gasteiger partial charge in [-0.3, -0.25) is 9.20 Å². The lowest BCUT2D eigenvalue weighted by molar-refractivity contribution is 0.0298. The van der Waals surface area contributed by atoms with Gasteiger partial charge in [-0.2, -0.15) is 4.98 Å². The first-order valence-corrected chi connectivity index (χ1v) is 8.97. The monoisotopic (exact) mass is 379 g/mol. The highest BCUT2D eigenvalue weighted by Crippen LogP contribution is 2.18. The summed E-state index contributed by atoms with van der Waals surface area (Å²) in [6.07, 6.45) is 7.21. The van der Waals surface area contributed by atoms with E-state index < -0.39 is 0 Å². The van der Waals surface area contributed by atoms with E-state index >= 15 is 0 Å². The summed E-state index contributed by atoms with van der Waals surface area (Å²) in [5.74, 6) is -0.0417. The fraction of sp³-hybridized carbons (Fsp3) is 0.250. The fourth-order valence-electron chi connectivity index (χ4n) is 3.11. The van der Waals surface area contributed by atoms with Crippen LogP contribution in [0.25, 0.3) is 23.9 Å². The quantitative estimate of drug-likeness (QED) is 0.718. The maximum atomic E-state index is 12.9. The molecule has 8 nitrogen and oxygen atoms in total. The first-order valence-electron chi connectivity index (χ1n) is 8.97. The minimum Gasteiger partial charge on any atom is -0.424 e. The first-order chi connectivity index (χ1) is 13.5. The molecule has 1 aliphatic rings. The molecule has 1 fully saturated rings. The van der Waals surface area contributed by atoms with Crippen molar-refractivity contribution >= 4 is 35.8 Å². The van der Waals surface area contributed by atoms with Gasteiger partial charge in [-0.05, 0) is 36.3 Å². The number of anilines is 1. The molecular formula is C20H21N5O3. The minimum absolute atomic E-state index is 0.0417. The summed E-state index contributed by atoms with van der Waals surface area (Å²) in [5.41, 5.74) is 9.26. The lowest BCUT2D eigenvalue weighted by atomic mass is 10.1. The number of nitrogens with two attached hydrogens (primary N) is 1. The van der Waals surface area contributed by atoms with Gasteiger partial charge in [0, 0.05) is 19.3 Å². The van der Waals surface area contributed by atoms with Crippen LogP contribution in [0.2, 0.25) is 0 Å². The second kappa shape index (κ2) is 7.32. The third-order valence-electron chi connectivity index (χ3n) is 4.71. The number of carbonyl (C=O) groups excluding carboxylic acids is 1. The van der Waals surface area contributed by atoms with Crippen LogP contribution < -0.4 is 16.5 Å². The molecule has 0 saturated carbocycles. The molecule has 0 unspecified atom stereocenters. The first kappa shape index (κ1) is 18.0. The molecule has 4 heterocycles. The van der Waals surface area contributed by atoms with Crippen molar-refractivity contribution < 1.29 is 13.9 Å². The van der Waals surface area contributed by atoms with Crippen LogP contribution >= 0.6 is 0 Å². The number of allylic oxidation sites excluding steroid dienone is 2. The normalized spacial score (nSPS) is 16.1. The Hall–Kier alpha value is -3.39. The van der Waals surface area contributed by atoms with E-state index in [2.05, 4.69) is 16.5 Å². The van der Waals surface area contributed by atoms with Gasteiger partial charge < -0.3 is 19.8 Å². The summed E-state index contributed by atoms with van der Waals surface area (Å²) in [4.78, 5) is 23.0. The van der Waals surface area contributed by atoms with Crippen LogP contribution in [-0.4, -0.2) is 51.5 Å². The van der Waals surface area contributed by atoms with Crippen LogP contribution in [0.15, 0.2) is 35.0 Å². The average molecular weight is 379 g/mol. The SMILES string of the molecule is C=c1nc(N)oc1=C/C=C(\C)c1ccc2ncc(C(=O)N3CCOCC3)n2c1. The molecule has 8 heteroatoms. The van der Waals surface area contributed by atoms with E-state index in [9.17, 15) is 4.79 Å². The summed E-state index contributed by atoms with van der Waals surface area (Å²) >= 11 is 0. The van der Waals surface area contributed by atoms with Crippen LogP contribution in [0.4, 0.5) is 6.01 Å². The predicted molar refractivity (Wildman–Crippen MR) is 106 cm³/mol. The van der Waals surface area contributed by atoms with Crippen LogP contribution in [0.1, 0.15) is 23.0 Å². The molecular weight excluding hydrogens is 358 g/mol. The van der Waals surface area contributed by atoms with Gasteiger partial charge in [0.2, 0.25) is 0 Å². The number of morpholine rings is 1. The Morgan fingerprint density at radius 1 is 1.32 bits per heavy atom. The van der Waals surface area contributed by atoms with E-state index in [1.165, 1.54) is 0 Å². The molecule has 0 bridgehead atoms. The smallest absolute Gasteiger partial charge is 0.292 e. The van der Waals surface area contributed by atoms with Gasteiger partial charge in [-0.25, -0.2) is 4.98 Å². The van der Waals surface area contributed by atoms with Crippen molar-refractivity contribution in [3.05, 3.63) is 52.6 Å². The Morgan fingerprint density at radius 2 is 2.11 bits per heavy atom. The number of rotatable bonds is 3. The zero-order chi connectivity index (χ0) is 19.7. The van der Waals surface area contributed by atoms with Crippen molar-refractivity contribution in [3.8, 4) is 0 Å². The Kier molecular flexibility index (Phi) is 4.70. The third-order valence-corrected chi connectivity index (χ3v) is 4.71. The number of carbonyl (C=O) groups is 1. The number of hydrogen-bond donors (Lipinski definition) is 1. The van der Waals surface area contributed by atoms with Gasteiger partial charge in [0.05, 0.1) is 19.4 Å². The molecule has 1 aliphatic heterocycles. The van der Waals surface area contributed by atoms with E-state index in [4.69, 9.17) is 14.9 Å². The summed E-state index contributed by atoms with van der Waals surface area (Å²) in [6, 6.07) is 3.95. The molecule has 0 aromatic carbocycles. The number of imidazole rings is 1. The lowest BCUT2D eigenvalue weighted by Crippen LogP contribution is -2.41. The van der Waals surface area contributed by atoms with Crippen LogP contribution in [0.3, 0.4) is 0 Å². The van der Waals surface area contributed by atoms with Crippen molar-refractivity contribution in [2.75, 3.05) is 32.0 Å².